The van der Waals surface area contributed by atoms with Crippen LogP contribution in [0.4, 0.5) is 0 Å². The highest BCUT2D eigenvalue weighted by Gasteiger charge is 2.10. The lowest BCUT2D eigenvalue weighted by atomic mass is 10.1. The zero-order valence-corrected chi connectivity index (χ0v) is 9.96. The maximum absolute atomic E-state index is 11.9. The first-order valence-corrected chi connectivity index (χ1v) is 5.25. The van der Waals surface area contributed by atoms with Crippen molar-refractivity contribution in [2.24, 2.45) is 0 Å². The number of hydrogen-bond donors (Lipinski definition) is 1. The average molecular weight is 231 g/mol. The summed E-state index contributed by atoms with van der Waals surface area (Å²) in [5, 5.41) is 0.584. The molecule has 0 aliphatic carbocycles. The zero-order chi connectivity index (χ0) is 12.6. The van der Waals surface area contributed by atoms with Crippen molar-refractivity contribution in [1.29, 1.82) is 0 Å². The van der Waals surface area contributed by atoms with E-state index in [1.54, 1.807) is 0 Å². The Bertz CT molecular complexity index is 655. The molecule has 1 aromatic carbocycles. The molecular weight excluding hydrogens is 218 g/mol. The predicted octanol–water partition coefficient (Wildman–Crippen LogP) is 1.93. The van der Waals surface area contributed by atoms with Crippen molar-refractivity contribution < 1.29 is 9.53 Å². The minimum Gasteiger partial charge on any atom is -0.464 e. The molecule has 1 N–H and O–H groups in total. The van der Waals surface area contributed by atoms with Gasteiger partial charge in [0.1, 0.15) is 5.69 Å². The van der Waals surface area contributed by atoms with Gasteiger partial charge in [-0.2, -0.15) is 0 Å². The highest BCUT2D eigenvalue weighted by molar-refractivity contribution is 5.91. The maximum atomic E-state index is 11.9. The van der Waals surface area contributed by atoms with E-state index in [1.165, 1.54) is 13.2 Å². The predicted molar refractivity (Wildman–Crippen MR) is 65.4 cm³/mol. The lowest BCUT2D eigenvalue weighted by Gasteiger charge is -2.05. The second-order valence-electron chi connectivity index (χ2n) is 4.02. The number of nitrogens with one attached hydrogen (secondary N) is 1. The van der Waals surface area contributed by atoms with Crippen LogP contribution in [0, 0.1) is 13.8 Å². The Morgan fingerprint density at radius 2 is 1.82 bits per heavy atom. The molecule has 0 aliphatic rings. The number of pyridine rings is 1. The number of ether oxygens (including phenoxy) is 1. The van der Waals surface area contributed by atoms with Gasteiger partial charge in [-0.1, -0.05) is 0 Å². The van der Waals surface area contributed by atoms with E-state index in [0.717, 1.165) is 11.1 Å². The molecular formula is C13H13NO3. The summed E-state index contributed by atoms with van der Waals surface area (Å²) in [7, 11) is 1.28. The minimum absolute atomic E-state index is 0.174. The van der Waals surface area contributed by atoms with E-state index >= 15 is 0 Å². The number of aromatic nitrogens is 1. The number of rotatable bonds is 1. The number of esters is 1. The van der Waals surface area contributed by atoms with Gasteiger partial charge in [-0.25, -0.2) is 4.79 Å². The minimum atomic E-state index is -0.540. The Balaban J connectivity index is 2.78. The summed E-state index contributed by atoms with van der Waals surface area (Å²) in [6.07, 6.45) is 0. The van der Waals surface area contributed by atoms with Crippen molar-refractivity contribution in [3.63, 3.8) is 0 Å². The molecule has 0 unspecified atom stereocenters. The van der Waals surface area contributed by atoms with Gasteiger partial charge in [0.15, 0.2) is 5.43 Å². The van der Waals surface area contributed by atoms with E-state index in [1.807, 2.05) is 26.0 Å². The summed E-state index contributed by atoms with van der Waals surface area (Å²) in [6.45, 7) is 3.90. The lowest BCUT2D eigenvalue weighted by Crippen LogP contribution is -2.11. The Kier molecular flexibility index (Phi) is 2.71. The number of methoxy groups -OCH3 is 1. The van der Waals surface area contributed by atoms with E-state index in [4.69, 9.17) is 0 Å². The second-order valence-corrected chi connectivity index (χ2v) is 4.02. The topological polar surface area (TPSA) is 59.2 Å². The molecule has 0 radical (unpaired) electrons. The van der Waals surface area contributed by atoms with Crippen LogP contribution in [0.2, 0.25) is 0 Å². The molecule has 0 amide bonds. The molecule has 2 aromatic rings. The SMILES string of the molecule is COC(=O)c1cc(=O)c2cc(C)c(C)cc2[nH]1. The Hall–Kier alpha value is -2.10. The molecule has 4 heteroatoms. The smallest absolute Gasteiger partial charge is 0.354 e. The fourth-order valence-electron chi connectivity index (χ4n) is 1.73. The third-order valence-corrected chi connectivity index (χ3v) is 2.85. The van der Waals surface area contributed by atoms with Crippen molar-refractivity contribution in [2.75, 3.05) is 7.11 Å². The van der Waals surface area contributed by atoms with Crippen molar-refractivity contribution in [3.8, 4) is 0 Å². The van der Waals surface area contributed by atoms with Crippen molar-refractivity contribution in [1.82, 2.24) is 4.98 Å². The van der Waals surface area contributed by atoms with Gasteiger partial charge in [0.25, 0.3) is 0 Å². The van der Waals surface area contributed by atoms with Crippen molar-refractivity contribution in [3.05, 3.63) is 45.2 Å². The normalized spacial score (nSPS) is 10.5. The number of hydrogen-bond acceptors (Lipinski definition) is 3. The lowest BCUT2D eigenvalue weighted by molar-refractivity contribution is 0.0594. The van der Waals surface area contributed by atoms with E-state index in [0.29, 0.717) is 10.9 Å². The Morgan fingerprint density at radius 3 is 2.47 bits per heavy atom. The summed E-state index contributed by atoms with van der Waals surface area (Å²) in [5.74, 6) is -0.540. The number of carbonyl (C=O) groups is 1. The molecule has 0 fully saturated rings. The highest BCUT2D eigenvalue weighted by atomic mass is 16.5. The Morgan fingerprint density at radius 1 is 1.18 bits per heavy atom. The van der Waals surface area contributed by atoms with Gasteiger partial charge in [0.05, 0.1) is 12.6 Å². The number of aromatic amines is 1. The molecule has 0 atom stereocenters. The number of carbonyl (C=O) groups excluding carboxylic acids is 1. The van der Waals surface area contributed by atoms with Gasteiger partial charge < -0.3 is 9.72 Å². The number of H-pyrrole nitrogens is 1. The quantitative estimate of drug-likeness (QED) is 0.763. The van der Waals surface area contributed by atoms with Crippen LogP contribution in [0.3, 0.4) is 0 Å². The molecule has 0 bridgehead atoms. The van der Waals surface area contributed by atoms with Crippen LogP contribution in [0.1, 0.15) is 21.6 Å². The number of aryl methyl sites for hydroxylation is 2. The molecule has 0 saturated carbocycles. The van der Waals surface area contributed by atoms with E-state index in [2.05, 4.69) is 9.72 Å². The molecule has 0 spiro atoms. The third-order valence-electron chi connectivity index (χ3n) is 2.85. The zero-order valence-electron chi connectivity index (χ0n) is 9.96. The van der Waals surface area contributed by atoms with Crippen LogP contribution < -0.4 is 5.43 Å². The fourth-order valence-corrected chi connectivity index (χ4v) is 1.73. The average Bonchev–Trinajstić information content (AvgIpc) is 2.30. The van der Waals surface area contributed by atoms with Crippen molar-refractivity contribution in [2.45, 2.75) is 13.8 Å². The summed E-state index contributed by atoms with van der Waals surface area (Å²) in [4.78, 5) is 26.1. The first-order valence-electron chi connectivity index (χ1n) is 5.25. The number of benzene rings is 1. The van der Waals surface area contributed by atoms with Crippen LogP contribution >= 0.6 is 0 Å². The van der Waals surface area contributed by atoms with Crippen LogP contribution in [0.15, 0.2) is 23.0 Å². The van der Waals surface area contributed by atoms with E-state index < -0.39 is 5.97 Å². The molecule has 0 saturated heterocycles. The largest absolute Gasteiger partial charge is 0.464 e. The van der Waals surface area contributed by atoms with Gasteiger partial charge in [-0.3, -0.25) is 4.79 Å². The van der Waals surface area contributed by atoms with Gasteiger partial charge in [0.2, 0.25) is 0 Å². The molecule has 2 rings (SSSR count). The first-order chi connectivity index (χ1) is 8.02. The second kappa shape index (κ2) is 4.05. The highest BCUT2D eigenvalue weighted by Crippen LogP contribution is 2.15. The molecule has 17 heavy (non-hydrogen) atoms. The first kappa shape index (κ1) is 11.4. The van der Waals surface area contributed by atoms with Crippen LogP contribution in [-0.4, -0.2) is 18.1 Å². The molecule has 1 aromatic heterocycles. The third kappa shape index (κ3) is 1.93. The van der Waals surface area contributed by atoms with Crippen molar-refractivity contribution >= 4 is 16.9 Å². The van der Waals surface area contributed by atoms with Crippen LogP contribution in [0.5, 0.6) is 0 Å². The summed E-state index contributed by atoms with van der Waals surface area (Å²) < 4.78 is 4.59. The monoisotopic (exact) mass is 231 g/mol. The van der Waals surface area contributed by atoms with Crippen LogP contribution in [0.25, 0.3) is 10.9 Å². The Labute approximate surface area is 98.2 Å². The standard InChI is InChI=1S/C13H13NO3/c1-7-4-9-10(5-8(7)2)14-11(6-12(9)15)13(16)17-3/h4-6H,1-3H3,(H,14,15). The number of fused-ring (bicyclic) bond motifs is 1. The fraction of sp³-hybridized carbons (Fsp3) is 0.231. The van der Waals surface area contributed by atoms with Gasteiger partial charge in [-0.15, -0.1) is 0 Å². The van der Waals surface area contributed by atoms with E-state index in [-0.39, 0.29) is 11.1 Å². The molecule has 1 heterocycles. The maximum Gasteiger partial charge on any atom is 0.354 e. The molecule has 0 aliphatic heterocycles. The van der Waals surface area contributed by atoms with Crippen LogP contribution in [-0.2, 0) is 4.74 Å². The van der Waals surface area contributed by atoms with Gasteiger partial charge in [-0.05, 0) is 37.1 Å². The summed E-state index contributed by atoms with van der Waals surface area (Å²) in [5.41, 5.74) is 2.76. The molecule has 4 nitrogen and oxygen atoms in total. The van der Waals surface area contributed by atoms with Gasteiger partial charge >= 0.3 is 5.97 Å². The van der Waals surface area contributed by atoms with E-state index in [9.17, 15) is 9.59 Å². The molecule has 88 valence electrons. The summed E-state index contributed by atoms with van der Waals surface area (Å²) in [6, 6.07) is 4.95. The van der Waals surface area contributed by atoms with Gasteiger partial charge in [0, 0.05) is 11.5 Å². The summed E-state index contributed by atoms with van der Waals surface area (Å²) >= 11 is 0.